The van der Waals surface area contributed by atoms with Crippen LogP contribution >= 0.6 is 11.6 Å². The Bertz CT molecular complexity index is 640. The largest absolute Gasteiger partial charge is 0.498 e. The molecule has 2 aliphatic rings. The number of likely N-dealkylation sites (tertiary alicyclic amines) is 1. The summed E-state index contributed by atoms with van der Waals surface area (Å²) in [7, 11) is -0.499. The Labute approximate surface area is 159 Å². The highest BCUT2D eigenvalue weighted by Crippen LogP contribution is 2.36. The molecule has 3 rings (SSSR count). The smallest absolute Gasteiger partial charge is 0.458 e. The Morgan fingerprint density at radius 1 is 1.31 bits per heavy atom. The molecule has 1 aromatic rings. The molecule has 0 radical (unpaired) electrons. The maximum Gasteiger partial charge on any atom is 0.498 e. The van der Waals surface area contributed by atoms with Gasteiger partial charge in [-0.1, -0.05) is 0 Å². The number of piperidine rings is 1. The predicted molar refractivity (Wildman–Crippen MR) is 98.7 cm³/mol. The first kappa shape index (κ1) is 19.4. The zero-order chi connectivity index (χ0) is 18.9. The van der Waals surface area contributed by atoms with Crippen molar-refractivity contribution in [2.45, 2.75) is 57.8 Å². The standard InChI is InChI=1S/C17H25BClN3O4/c1-16(2)17(3,4)26-18(25-16)12-9-20-15(21-10-12)24-13-6-5-7-22(11-13)14(23)8-19/h9-10,13H,5-8,11H2,1-4H3. The Hall–Kier alpha value is -1.38. The van der Waals surface area contributed by atoms with Gasteiger partial charge in [0.2, 0.25) is 5.91 Å². The number of hydrogen-bond donors (Lipinski definition) is 0. The second kappa shape index (κ2) is 7.33. The third kappa shape index (κ3) is 3.97. The van der Waals surface area contributed by atoms with E-state index >= 15 is 0 Å². The molecule has 7 nitrogen and oxygen atoms in total. The van der Waals surface area contributed by atoms with Crippen LogP contribution < -0.4 is 10.2 Å². The summed E-state index contributed by atoms with van der Waals surface area (Å²) < 4.78 is 17.8. The number of carbonyl (C=O) groups is 1. The van der Waals surface area contributed by atoms with Crippen LogP contribution in [0, 0.1) is 0 Å². The van der Waals surface area contributed by atoms with Crippen LogP contribution in [0.1, 0.15) is 40.5 Å². The molecule has 2 fully saturated rings. The van der Waals surface area contributed by atoms with E-state index < -0.39 is 18.3 Å². The first-order chi connectivity index (χ1) is 12.2. The molecule has 1 aromatic heterocycles. The summed E-state index contributed by atoms with van der Waals surface area (Å²) in [5.74, 6) is -0.0802. The van der Waals surface area contributed by atoms with Crippen LogP contribution in [0.25, 0.3) is 0 Å². The van der Waals surface area contributed by atoms with E-state index in [1.54, 1.807) is 17.3 Å². The van der Waals surface area contributed by atoms with Gasteiger partial charge in [0.15, 0.2) is 0 Å². The highest BCUT2D eigenvalue weighted by Gasteiger charge is 2.52. The van der Waals surface area contributed by atoms with Crippen LogP contribution in [0.2, 0.25) is 0 Å². The van der Waals surface area contributed by atoms with Crippen molar-refractivity contribution < 1.29 is 18.8 Å². The third-order valence-corrected chi connectivity index (χ3v) is 5.52. The molecule has 1 atom stereocenters. The van der Waals surface area contributed by atoms with E-state index in [0.29, 0.717) is 13.1 Å². The average Bonchev–Trinajstić information content (AvgIpc) is 2.83. The number of aromatic nitrogens is 2. The summed E-state index contributed by atoms with van der Waals surface area (Å²) in [6, 6.07) is 0.287. The SMILES string of the molecule is CC1(C)OB(c2cnc(OC3CCCN(C(=O)CCl)C3)nc2)OC1(C)C. The molecule has 1 unspecified atom stereocenters. The quantitative estimate of drug-likeness (QED) is 0.579. The number of carbonyl (C=O) groups excluding carboxylic acids is 1. The molecule has 0 N–H and O–H groups in total. The van der Waals surface area contributed by atoms with Gasteiger partial charge in [0, 0.05) is 24.4 Å². The topological polar surface area (TPSA) is 73.8 Å². The van der Waals surface area contributed by atoms with Gasteiger partial charge in [-0.3, -0.25) is 4.79 Å². The maximum atomic E-state index is 11.7. The van der Waals surface area contributed by atoms with Gasteiger partial charge in [0.05, 0.1) is 17.7 Å². The fourth-order valence-electron chi connectivity index (χ4n) is 2.98. The molecular weight excluding hydrogens is 356 g/mol. The second-order valence-corrected chi connectivity index (χ2v) is 8.01. The minimum Gasteiger partial charge on any atom is -0.458 e. The van der Waals surface area contributed by atoms with Gasteiger partial charge in [-0.2, -0.15) is 0 Å². The molecule has 0 saturated carbocycles. The van der Waals surface area contributed by atoms with Crippen molar-refractivity contribution in [3.8, 4) is 6.01 Å². The fourth-order valence-corrected chi connectivity index (χ4v) is 3.15. The van der Waals surface area contributed by atoms with E-state index in [0.717, 1.165) is 18.3 Å². The molecule has 0 bridgehead atoms. The normalized spacial score (nSPS) is 24.6. The average molecular weight is 382 g/mol. The van der Waals surface area contributed by atoms with Crippen molar-refractivity contribution in [2.24, 2.45) is 0 Å². The number of hydrogen-bond acceptors (Lipinski definition) is 6. The number of rotatable bonds is 4. The third-order valence-electron chi connectivity index (χ3n) is 5.29. The highest BCUT2D eigenvalue weighted by atomic mass is 35.5. The van der Waals surface area contributed by atoms with Crippen LogP contribution in [0.4, 0.5) is 0 Å². The van der Waals surface area contributed by atoms with E-state index in [4.69, 9.17) is 25.6 Å². The zero-order valence-corrected chi connectivity index (χ0v) is 16.5. The first-order valence-electron chi connectivity index (χ1n) is 8.90. The highest BCUT2D eigenvalue weighted by molar-refractivity contribution is 6.61. The summed E-state index contributed by atoms with van der Waals surface area (Å²) in [6.07, 6.45) is 4.93. The van der Waals surface area contributed by atoms with Gasteiger partial charge in [-0.25, -0.2) is 9.97 Å². The number of amides is 1. The van der Waals surface area contributed by atoms with Gasteiger partial charge in [-0.15, -0.1) is 11.6 Å². The maximum absolute atomic E-state index is 11.7. The minimum absolute atomic E-state index is 0.00793. The van der Waals surface area contributed by atoms with Crippen molar-refractivity contribution in [2.75, 3.05) is 19.0 Å². The molecule has 2 aliphatic heterocycles. The molecule has 26 heavy (non-hydrogen) atoms. The summed E-state index contributed by atoms with van der Waals surface area (Å²) >= 11 is 5.63. The lowest BCUT2D eigenvalue weighted by Gasteiger charge is -2.32. The van der Waals surface area contributed by atoms with Crippen LogP contribution in [0.3, 0.4) is 0 Å². The van der Waals surface area contributed by atoms with Crippen molar-refractivity contribution in [1.29, 1.82) is 0 Å². The molecule has 142 valence electrons. The van der Waals surface area contributed by atoms with E-state index in [1.807, 2.05) is 27.7 Å². The van der Waals surface area contributed by atoms with Gasteiger partial charge in [-0.05, 0) is 40.5 Å². The molecule has 9 heteroatoms. The fraction of sp³-hybridized carbons (Fsp3) is 0.706. The Balaban J connectivity index is 1.61. The molecule has 0 aromatic carbocycles. The monoisotopic (exact) mass is 381 g/mol. The summed E-state index contributed by atoms with van der Waals surface area (Å²) in [5, 5.41) is 0. The van der Waals surface area contributed by atoms with E-state index in [9.17, 15) is 4.79 Å². The molecule has 0 spiro atoms. The predicted octanol–water partition coefficient (Wildman–Crippen LogP) is 1.38. The Morgan fingerprint density at radius 3 is 2.50 bits per heavy atom. The summed E-state index contributed by atoms with van der Waals surface area (Å²) in [6.45, 7) is 9.23. The molecule has 1 amide bonds. The van der Waals surface area contributed by atoms with Crippen molar-refractivity contribution in [1.82, 2.24) is 14.9 Å². The first-order valence-corrected chi connectivity index (χ1v) is 9.43. The Morgan fingerprint density at radius 2 is 1.92 bits per heavy atom. The minimum atomic E-state index is -0.499. The Kier molecular flexibility index (Phi) is 5.46. The lowest BCUT2D eigenvalue weighted by molar-refractivity contribution is -0.131. The number of nitrogens with zero attached hydrogens (tertiary/aromatic N) is 3. The summed E-state index contributed by atoms with van der Waals surface area (Å²) in [5.41, 5.74) is -0.0701. The number of ether oxygens (including phenoxy) is 1. The number of halogens is 1. The molecule has 3 heterocycles. The second-order valence-electron chi connectivity index (χ2n) is 7.74. The van der Waals surface area contributed by atoms with Crippen LogP contribution in [-0.4, -0.2) is 64.2 Å². The van der Waals surface area contributed by atoms with Gasteiger partial charge < -0.3 is 18.9 Å². The number of alkyl halides is 1. The molecular formula is C17H25BClN3O4. The molecule has 2 saturated heterocycles. The van der Waals surface area contributed by atoms with Crippen LogP contribution in [0.5, 0.6) is 6.01 Å². The lowest BCUT2D eigenvalue weighted by atomic mass is 9.81. The molecule has 0 aliphatic carbocycles. The van der Waals surface area contributed by atoms with E-state index in [-0.39, 0.29) is 23.9 Å². The van der Waals surface area contributed by atoms with Gasteiger partial charge >= 0.3 is 13.1 Å². The van der Waals surface area contributed by atoms with E-state index in [1.165, 1.54) is 0 Å². The lowest BCUT2D eigenvalue weighted by Crippen LogP contribution is -2.45. The zero-order valence-electron chi connectivity index (χ0n) is 15.7. The van der Waals surface area contributed by atoms with Gasteiger partial charge in [0.1, 0.15) is 12.0 Å². The van der Waals surface area contributed by atoms with E-state index in [2.05, 4.69) is 9.97 Å². The summed E-state index contributed by atoms with van der Waals surface area (Å²) in [4.78, 5) is 22.0. The van der Waals surface area contributed by atoms with Crippen molar-refractivity contribution in [3.63, 3.8) is 0 Å². The van der Waals surface area contributed by atoms with Crippen molar-refractivity contribution in [3.05, 3.63) is 12.4 Å². The van der Waals surface area contributed by atoms with Crippen LogP contribution in [-0.2, 0) is 14.1 Å². The van der Waals surface area contributed by atoms with Gasteiger partial charge in [0.25, 0.3) is 0 Å². The van der Waals surface area contributed by atoms with Crippen LogP contribution in [0.15, 0.2) is 12.4 Å². The van der Waals surface area contributed by atoms with Crippen molar-refractivity contribution >= 4 is 30.1 Å².